The summed E-state index contributed by atoms with van der Waals surface area (Å²) >= 11 is 0. The minimum atomic E-state index is 0.269. The van der Waals surface area contributed by atoms with Gasteiger partial charge >= 0.3 is 0 Å². The molecule has 7 nitrogen and oxygen atoms in total. The molecule has 3 aromatic heterocycles. The largest absolute Gasteiger partial charge is 0.363 e. The van der Waals surface area contributed by atoms with E-state index in [4.69, 9.17) is 4.52 Å². The summed E-state index contributed by atoms with van der Waals surface area (Å²) in [6, 6.07) is 8.04. The topological polar surface area (TPSA) is 71.2 Å². The standard InChI is InChI=1S/C20H24N6O/c1-25(2)18-8-7-15(11-22-18)13-26-10-4-6-17(14-26)20-23-19(24-27-20)16-5-3-9-21-12-16/h3,5,7-9,11-12,17H,4,6,10,13-14H2,1-2H3/t17-/m0/s1. The molecule has 0 unspecified atom stereocenters. The quantitative estimate of drug-likeness (QED) is 0.689. The molecule has 0 aromatic carbocycles. The lowest BCUT2D eigenvalue weighted by Crippen LogP contribution is -2.34. The summed E-state index contributed by atoms with van der Waals surface area (Å²) in [7, 11) is 4.00. The molecule has 7 heteroatoms. The number of rotatable bonds is 5. The van der Waals surface area contributed by atoms with E-state index in [1.807, 2.05) is 37.3 Å². The number of aromatic nitrogens is 4. The highest BCUT2D eigenvalue weighted by Gasteiger charge is 2.26. The average Bonchev–Trinajstić information content (AvgIpc) is 3.20. The van der Waals surface area contributed by atoms with Crippen molar-refractivity contribution in [1.82, 2.24) is 25.0 Å². The Balaban J connectivity index is 1.41. The van der Waals surface area contributed by atoms with Crippen LogP contribution in [0.4, 0.5) is 5.82 Å². The van der Waals surface area contributed by atoms with Crippen molar-refractivity contribution in [2.24, 2.45) is 0 Å². The molecule has 1 fully saturated rings. The average molecular weight is 364 g/mol. The van der Waals surface area contributed by atoms with E-state index in [1.165, 1.54) is 5.56 Å². The van der Waals surface area contributed by atoms with Crippen molar-refractivity contribution < 1.29 is 4.52 Å². The van der Waals surface area contributed by atoms with E-state index >= 15 is 0 Å². The first-order chi connectivity index (χ1) is 13.2. The van der Waals surface area contributed by atoms with E-state index in [9.17, 15) is 0 Å². The molecule has 4 heterocycles. The number of likely N-dealkylation sites (tertiary alicyclic amines) is 1. The normalized spacial score (nSPS) is 17.8. The summed E-state index contributed by atoms with van der Waals surface area (Å²) in [6.45, 7) is 2.89. The Morgan fingerprint density at radius 1 is 1.22 bits per heavy atom. The fraction of sp³-hybridized carbons (Fsp3) is 0.400. The van der Waals surface area contributed by atoms with Crippen molar-refractivity contribution in [2.45, 2.75) is 25.3 Å². The zero-order valence-electron chi connectivity index (χ0n) is 15.7. The molecule has 0 N–H and O–H groups in total. The van der Waals surface area contributed by atoms with Crippen molar-refractivity contribution >= 4 is 5.82 Å². The van der Waals surface area contributed by atoms with Gasteiger partial charge < -0.3 is 9.42 Å². The zero-order valence-corrected chi connectivity index (χ0v) is 15.7. The van der Waals surface area contributed by atoms with Crippen molar-refractivity contribution in [2.75, 3.05) is 32.1 Å². The second-order valence-electron chi connectivity index (χ2n) is 7.19. The smallest absolute Gasteiger partial charge is 0.231 e. The molecular formula is C20H24N6O. The molecule has 1 saturated heterocycles. The summed E-state index contributed by atoms with van der Waals surface area (Å²) in [6.07, 6.45) is 7.66. The molecule has 0 aliphatic carbocycles. The summed E-state index contributed by atoms with van der Waals surface area (Å²) in [5.74, 6) is 2.58. The first-order valence-electron chi connectivity index (χ1n) is 9.27. The molecule has 0 amide bonds. The first-order valence-corrected chi connectivity index (χ1v) is 9.27. The second kappa shape index (κ2) is 7.84. The van der Waals surface area contributed by atoms with E-state index in [2.05, 4.69) is 37.1 Å². The minimum Gasteiger partial charge on any atom is -0.363 e. The van der Waals surface area contributed by atoms with Crippen LogP contribution in [0.3, 0.4) is 0 Å². The molecule has 140 valence electrons. The van der Waals surface area contributed by atoms with Gasteiger partial charge in [0.2, 0.25) is 11.7 Å². The number of hydrogen-bond acceptors (Lipinski definition) is 7. The van der Waals surface area contributed by atoms with Crippen LogP contribution >= 0.6 is 0 Å². The second-order valence-corrected chi connectivity index (χ2v) is 7.19. The van der Waals surface area contributed by atoms with Crippen LogP contribution in [0.25, 0.3) is 11.4 Å². The van der Waals surface area contributed by atoms with Gasteiger partial charge in [0.25, 0.3) is 0 Å². The molecule has 27 heavy (non-hydrogen) atoms. The zero-order chi connectivity index (χ0) is 18.6. The fourth-order valence-electron chi connectivity index (χ4n) is 3.45. The third kappa shape index (κ3) is 4.14. The monoisotopic (exact) mass is 364 g/mol. The van der Waals surface area contributed by atoms with Crippen molar-refractivity contribution in [3.8, 4) is 11.4 Å². The van der Waals surface area contributed by atoms with Gasteiger partial charge in [-0.05, 0) is 43.1 Å². The van der Waals surface area contributed by atoms with Crippen LogP contribution in [-0.4, -0.2) is 52.2 Å². The van der Waals surface area contributed by atoms with Gasteiger partial charge in [0, 0.05) is 51.3 Å². The molecule has 1 atom stereocenters. The SMILES string of the molecule is CN(C)c1ccc(CN2CCC[C@H](c3nc(-c4cccnc4)no3)C2)cn1. The Hall–Kier alpha value is -2.80. The van der Waals surface area contributed by atoms with Gasteiger partial charge in [-0.3, -0.25) is 9.88 Å². The lowest BCUT2D eigenvalue weighted by Gasteiger charge is -2.30. The number of pyridine rings is 2. The van der Waals surface area contributed by atoms with Gasteiger partial charge in [-0.25, -0.2) is 4.98 Å². The lowest BCUT2D eigenvalue weighted by molar-refractivity contribution is 0.180. The molecule has 1 aliphatic heterocycles. The number of anilines is 1. The van der Waals surface area contributed by atoms with E-state index in [0.717, 1.165) is 49.7 Å². The Bertz CT molecular complexity index is 862. The first kappa shape index (κ1) is 17.6. The van der Waals surface area contributed by atoms with E-state index < -0.39 is 0 Å². The maximum atomic E-state index is 5.57. The van der Waals surface area contributed by atoms with Gasteiger partial charge in [0.1, 0.15) is 5.82 Å². The van der Waals surface area contributed by atoms with Gasteiger partial charge in [0.15, 0.2) is 0 Å². The van der Waals surface area contributed by atoms with Gasteiger partial charge in [-0.2, -0.15) is 4.98 Å². The summed E-state index contributed by atoms with van der Waals surface area (Å²) < 4.78 is 5.57. The van der Waals surface area contributed by atoms with Gasteiger partial charge in [-0.15, -0.1) is 0 Å². The molecule has 0 saturated carbocycles. The number of piperidine rings is 1. The summed E-state index contributed by atoms with van der Waals surface area (Å²) in [5.41, 5.74) is 2.11. The van der Waals surface area contributed by atoms with Crippen LogP contribution in [0.5, 0.6) is 0 Å². The predicted molar refractivity (Wildman–Crippen MR) is 103 cm³/mol. The molecule has 1 aliphatic rings. The van der Waals surface area contributed by atoms with Crippen LogP contribution < -0.4 is 4.90 Å². The highest BCUT2D eigenvalue weighted by molar-refractivity contribution is 5.51. The third-order valence-electron chi connectivity index (χ3n) is 4.89. The minimum absolute atomic E-state index is 0.269. The molecule has 4 rings (SSSR count). The lowest BCUT2D eigenvalue weighted by atomic mass is 9.97. The fourth-order valence-corrected chi connectivity index (χ4v) is 3.45. The maximum Gasteiger partial charge on any atom is 0.231 e. The summed E-state index contributed by atoms with van der Waals surface area (Å²) in [5, 5.41) is 4.14. The third-order valence-corrected chi connectivity index (χ3v) is 4.89. The van der Waals surface area contributed by atoms with Crippen LogP contribution in [0.15, 0.2) is 47.4 Å². The molecular weight excluding hydrogens is 340 g/mol. The van der Waals surface area contributed by atoms with E-state index in [0.29, 0.717) is 5.82 Å². The summed E-state index contributed by atoms with van der Waals surface area (Å²) in [4.78, 5) is 17.7. The van der Waals surface area contributed by atoms with Crippen molar-refractivity contribution in [1.29, 1.82) is 0 Å². The highest BCUT2D eigenvalue weighted by Crippen LogP contribution is 2.28. The highest BCUT2D eigenvalue weighted by atomic mass is 16.5. The van der Waals surface area contributed by atoms with Crippen LogP contribution in [-0.2, 0) is 6.54 Å². The maximum absolute atomic E-state index is 5.57. The van der Waals surface area contributed by atoms with Crippen LogP contribution in [0, 0.1) is 0 Å². The van der Waals surface area contributed by atoms with E-state index in [-0.39, 0.29) is 5.92 Å². The molecule has 0 radical (unpaired) electrons. The van der Waals surface area contributed by atoms with Crippen molar-refractivity contribution in [3.05, 3.63) is 54.3 Å². The molecule has 0 spiro atoms. The van der Waals surface area contributed by atoms with Crippen molar-refractivity contribution in [3.63, 3.8) is 0 Å². The Morgan fingerprint density at radius 3 is 2.89 bits per heavy atom. The Kier molecular flexibility index (Phi) is 5.11. The molecule has 3 aromatic rings. The van der Waals surface area contributed by atoms with Crippen LogP contribution in [0.1, 0.15) is 30.2 Å². The predicted octanol–water partition coefficient (Wildman–Crippen LogP) is 2.97. The van der Waals surface area contributed by atoms with Crippen LogP contribution in [0.2, 0.25) is 0 Å². The van der Waals surface area contributed by atoms with Gasteiger partial charge in [0.05, 0.1) is 5.92 Å². The number of hydrogen-bond donors (Lipinski definition) is 0. The Morgan fingerprint density at radius 2 is 2.15 bits per heavy atom. The molecule has 0 bridgehead atoms. The van der Waals surface area contributed by atoms with E-state index in [1.54, 1.807) is 12.4 Å². The van der Waals surface area contributed by atoms with Gasteiger partial charge in [-0.1, -0.05) is 11.2 Å². The Labute approximate surface area is 159 Å². The number of nitrogens with zero attached hydrogens (tertiary/aromatic N) is 6.